The largest absolute Gasteiger partial charge is 0.505 e. The van der Waals surface area contributed by atoms with Crippen LogP contribution in [-0.4, -0.2) is 48.0 Å². The Hall–Kier alpha value is -5.71. The zero-order valence-electron chi connectivity index (χ0n) is 21.6. The number of rotatable bonds is 6. The lowest BCUT2D eigenvalue weighted by Gasteiger charge is -2.13. The van der Waals surface area contributed by atoms with Gasteiger partial charge in [-0.3, -0.25) is 15.2 Å². The molecule has 2 aromatic heterocycles. The Morgan fingerprint density at radius 3 is 2.48 bits per heavy atom. The third-order valence-electron chi connectivity index (χ3n) is 6.62. The number of nitrogens with one attached hydrogen (secondary N) is 2. The number of H-pyrrole nitrogens is 1. The number of para-hydroxylation sites is 1. The summed E-state index contributed by atoms with van der Waals surface area (Å²) >= 11 is 0. The van der Waals surface area contributed by atoms with Crippen molar-refractivity contribution in [2.24, 2.45) is 10.2 Å². The van der Waals surface area contributed by atoms with E-state index in [2.05, 4.69) is 41.2 Å². The van der Waals surface area contributed by atoms with Crippen molar-refractivity contribution in [2.45, 2.75) is 13.8 Å². The van der Waals surface area contributed by atoms with E-state index in [1.807, 2.05) is 56.3 Å². The number of pyridine rings is 1. The number of anilines is 2. The number of tetrazole rings is 1. The molecule has 3 aromatic carbocycles. The number of aryl methyl sites for hydroxylation is 2. The maximum atomic E-state index is 13.6. The standard InChI is InChI=1S/C29H23N9O2/c1-17-9-10-22(15-18(17)2)38-29(40)26(25(35-38)19-11-13-30-14-12-19)32-31-24-8-4-7-23(27(24)39)20-5-3-6-21(16-20)28-33-36-37-34-28/h3-16,31,39H,1-2H3,(H,33,34,36,37)/b32-26-. The molecule has 11 nitrogen and oxygen atoms in total. The molecule has 0 saturated carbocycles. The highest BCUT2D eigenvalue weighted by molar-refractivity contribution is 6.74. The molecule has 1 aliphatic rings. The number of aromatic nitrogens is 5. The second kappa shape index (κ2) is 10.2. The van der Waals surface area contributed by atoms with Crippen LogP contribution >= 0.6 is 0 Å². The van der Waals surface area contributed by atoms with Gasteiger partial charge in [0.15, 0.2) is 11.5 Å². The summed E-state index contributed by atoms with van der Waals surface area (Å²) in [6, 6.07) is 21.9. The molecular weight excluding hydrogens is 506 g/mol. The Morgan fingerprint density at radius 1 is 0.900 bits per heavy atom. The number of phenolic OH excluding ortho intramolecular Hbond substituents is 1. The minimum atomic E-state index is -0.397. The van der Waals surface area contributed by atoms with Crippen molar-refractivity contribution in [1.82, 2.24) is 25.6 Å². The number of nitrogens with zero attached hydrogens (tertiary/aromatic N) is 7. The van der Waals surface area contributed by atoms with Crippen LogP contribution < -0.4 is 10.4 Å². The SMILES string of the molecule is Cc1ccc(N2N=C(c3ccncc3)/C(=N/Nc3cccc(-c4cccc(-c5nnn[nH]5)c4)c3O)C2=O)cc1C. The molecule has 0 atom stereocenters. The number of carbonyl (C=O) groups is 1. The average molecular weight is 530 g/mol. The van der Waals surface area contributed by atoms with Crippen LogP contribution in [0, 0.1) is 13.8 Å². The second-order valence-electron chi connectivity index (χ2n) is 9.17. The zero-order chi connectivity index (χ0) is 27.6. The van der Waals surface area contributed by atoms with Crippen LogP contribution in [0.1, 0.15) is 16.7 Å². The molecule has 0 bridgehead atoms. The molecule has 196 valence electrons. The van der Waals surface area contributed by atoms with Gasteiger partial charge in [-0.2, -0.15) is 15.2 Å². The minimum absolute atomic E-state index is 0.0291. The topological polar surface area (TPSA) is 145 Å². The molecule has 40 heavy (non-hydrogen) atoms. The van der Waals surface area contributed by atoms with Gasteiger partial charge in [-0.25, -0.2) is 5.10 Å². The lowest BCUT2D eigenvalue weighted by molar-refractivity contribution is -0.112. The van der Waals surface area contributed by atoms with Crippen LogP contribution in [0.2, 0.25) is 0 Å². The predicted octanol–water partition coefficient (Wildman–Crippen LogP) is 4.47. The van der Waals surface area contributed by atoms with E-state index in [1.165, 1.54) is 5.01 Å². The van der Waals surface area contributed by atoms with Crippen LogP contribution in [0.5, 0.6) is 5.75 Å². The third-order valence-corrected chi connectivity index (χ3v) is 6.62. The van der Waals surface area contributed by atoms with Gasteiger partial charge in [0.25, 0.3) is 0 Å². The fraction of sp³-hybridized carbons (Fsp3) is 0.0690. The van der Waals surface area contributed by atoms with Crippen molar-refractivity contribution in [1.29, 1.82) is 0 Å². The van der Waals surface area contributed by atoms with Crippen molar-refractivity contribution < 1.29 is 9.90 Å². The highest BCUT2D eigenvalue weighted by atomic mass is 16.3. The summed E-state index contributed by atoms with van der Waals surface area (Å²) in [5.74, 6) is 0.0863. The van der Waals surface area contributed by atoms with E-state index in [0.717, 1.165) is 22.3 Å². The van der Waals surface area contributed by atoms with Gasteiger partial charge in [-0.1, -0.05) is 36.4 Å². The van der Waals surface area contributed by atoms with Gasteiger partial charge in [0, 0.05) is 29.1 Å². The van der Waals surface area contributed by atoms with Crippen molar-refractivity contribution in [3.8, 4) is 28.3 Å². The minimum Gasteiger partial charge on any atom is -0.505 e. The highest BCUT2D eigenvalue weighted by Crippen LogP contribution is 2.36. The fourth-order valence-corrected chi connectivity index (χ4v) is 4.33. The number of carbonyl (C=O) groups excluding carboxylic acids is 1. The molecule has 5 aromatic rings. The van der Waals surface area contributed by atoms with Gasteiger partial charge in [0.1, 0.15) is 11.5 Å². The number of hydrazone groups is 2. The molecule has 0 radical (unpaired) electrons. The molecule has 0 spiro atoms. The van der Waals surface area contributed by atoms with Crippen LogP contribution in [0.3, 0.4) is 0 Å². The van der Waals surface area contributed by atoms with Gasteiger partial charge in [0.2, 0.25) is 0 Å². The number of hydrogen-bond acceptors (Lipinski definition) is 9. The van der Waals surface area contributed by atoms with E-state index in [-0.39, 0.29) is 11.5 Å². The van der Waals surface area contributed by atoms with Gasteiger partial charge in [-0.15, -0.1) is 5.10 Å². The summed E-state index contributed by atoms with van der Waals surface area (Å²) < 4.78 is 0. The van der Waals surface area contributed by atoms with Crippen LogP contribution in [0.4, 0.5) is 11.4 Å². The Morgan fingerprint density at radius 2 is 1.70 bits per heavy atom. The van der Waals surface area contributed by atoms with Gasteiger partial charge >= 0.3 is 5.91 Å². The van der Waals surface area contributed by atoms with Gasteiger partial charge in [0.05, 0.1) is 11.4 Å². The van der Waals surface area contributed by atoms with Crippen molar-refractivity contribution in [2.75, 3.05) is 10.4 Å². The van der Waals surface area contributed by atoms with Crippen LogP contribution in [0.15, 0.2) is 95.4 Å². The van der Waals surface area contributed by atoms with E-state index in [4.69, 9.17) is 0 Å². The third kappa shape index (κ3) is 4.56. The number of phenols is 1. The average Bonchev–Trinajstić information content (AvgIpc) is 3.63. The van der Waals surface area contributed by atoms with Crippen molar-refractivity contribution in [3.05, 3.63) is 102 Å². The summed E-state index contributed by atoms with van der Waals surface area (Å²) in [6.07, 6.45) is 3.26. The molecule has 1 amide bonds. The smallest absolute Gasteiger partial charge is 0.301 e. The molecule has 3 heterocycles. The molecule has 6 rings (SSSR count). The molecule has 0 saturated heterocycles. The first-order valence-electron chi connectivity index (χ1n) is 12.4. The number of amides is 1. The molecule has 0 aliphatic carbocycles. The highest BCUT2D eigenvalue weighted by Gasteiger charge is 2.34. The molecule has 0 unspecified atom stereocenters. The summed E-state index contributed by atoms with van der Waals surface area (Å²) in [5.41, 5.74) is 9.26. The first-order chi connectivity index (χ1) is 19.5. The monoisotopic (exact) mass is 529 g/mol. The van der Waals surface area contributed by atoms with Crippen molar-refractivity contribution >= 4 is 28.7 Å². The molecule has 1 aliphatic heterocycles. The Balaban J connectivity index is 1.35. The Kier molecular flexibility index (Phi) is 6.29. The lowest BCUT2D eigenvalue weighted by atomic mass is 10.0. The zero-order valence-corrected chi connectivity index (χ0v) is 21.6. The quantitative estimate of drug-likeness (QED) is 0.217. The number of aromatic amines is 1. The summed E-state index contributed by atoms with van der Waals surface area (Å²) in [5, 5.41) is 35.5. The normalized spacial score (nSPS) is 14.1. The second-order valence-corrected chi connectivity index (χ2v) is 9.17. The van der Waals surface area contributed by atoms with E-state index in [9.17, 15) is 9.90 Å². The summed E-state index contributed by atoms with van der Waals surface area (Å²) in [6.45, 7) is 3.99. The Labute approximate surface area is 228 Å². The Bertz CT molecular complexity index is 1780. The number of aromatic hydroxyl groups is 1. The van der Waals surface area contributed by atoms with E-state index in [1.54, 1.807) is 42.7 Å². The number of benzene rings is 3. The van der Waals surface area contributed by atoms with Crippen molar-refractivity contribution in [3.63, 3.8) is 0 Å². The van der Waals surface area contributed by atoms with E-state index in [0.29, 0.717) is 34.0 Å². The molecular formula is C29H23N9O2. The summed E-state index contributed by atoms with van der Waals surface area (Å²) in [7, 11) is 0. The molecule has 0 fully saturated rings. The fourth-order valence-electron chi connectivity index (χ4n) is 4.33. The lowest BCUT2D eigenvalue weighted by Crippen LogP contribution is -2.28. The maximum absolute atomic E-state index is 13.6. The van der Waals surface area contributed by atoms with E-state index < -0.39 is 5.91 Å². The van der Waals surface area contributed by atoms with Gasteiger partial charge in [-0.05, 0) is 77.4 Å². The number of hydrogen-bond donors (Lipinski definition) is 3. The predicted molar refractivity (Wildman–Crippen MR) is 152 cm³/mol. The first-order valence-corrected chi connectivity index (χ1v) is 12.4. The van der Waals surface area contributed by atoms with Crippen LogP contribution in [0.25, 0.3) is 22.5 Å². The van der Waals surface area contributed by atoms with E-state index >= 15 is 0 Å². The van der Waals surface area contributed by atoms with Crippen LogP contribution in [-0.2, 0) is 4.79 Å². The molecule has 11 heteroatoms. The maximum Gasteiger partial charge on any atom is 0.301 e. The summed E-state index contributed by atoms with van der Waals surface area (Å²) in [4.78, 5) is 17.6. The van der Waals surface area contributed by atoms with Gasteiger partial charge < -0.3 is 5.11 Å². The molecule has 3 N–H and O–H groups in total. The first kappa shape index (κ1) is 24.6.